The predicted octanol–water partition coefficient (Wildman–Crippen LogP) is 2.31. The van der Waals surface area contributed by atoms with E-state index in [4.69, 9.17) is 0 Å². The third-order valence-corrected chi connectivity index (χ3v) is 4.00. The second-order valence-corrected chi connectivity index (χ2v) is 5.25. The topological polar surface area (TPSA) is 26.7 Å². The highest BCUT2D eigenvalue weighted by Crippen LogP contribution is 2.18. The molecule has 2 rings (SSSR count). The summed E-state index contributed by atoms with van der Waals surface area (Å²) in [4.78, 5) is 4.96. The molecular formula is C15H24N2O. The Morgan fingerprint density at radius 1 is 1.22 bits per heavy atom. The Morgan fingerprint density at radius 3 is 2.39 bits per heavy atom. The van der Waals surface area contributed by atoms with Gasteiger partial charge in [-0.15, -0.1) is 0 Å². The fraction of sp³-hybridized carbons (Fsp3) is 0.600. The molecule has 1 N–H and O–H groups in total. The van der Waals surface area contributed by atoms with E-state index >= 15 is 0 Å². The van der Waals surface area contributed by atoms with E-state index in [0.717, 1.165) is 6.54 Å². The summed E-state index contributed by atoms with van der Waals surface area (Å²) in [5, 5.41) is 9.28. The number of phenolic OH excluding ortho intramolecular Hbond substituents is 1. The number of phenols is 1. The van der Waals surface area contributed by atoms with Crippen molar-refractivity contribution in [3.05, 3.63) is 29.8 Å². The number of benzene rings is 1. The molecule has 0 bridgehead atoms. The standard InChI is InChI=1S/C15H24N2O/c1-3-17-10-8-14(9-11-17)16(2)12-13-4-6-15(18)7-5-13/h4-7,14,18H,3,8-12H2,1-2H3. The highest BCUT2D eigenvalue weighted by molar-refractivity contribution is 5.25. The van der Waals surface area contributed by atoms with Crippen LogP contribution in [0.4, 0.5) is 0 Å². The van der Waals surface area contributed by atoms with E-state index in [1.54, 1.807) is 12.1 Å². The first-order valence-corrected chi connectivity index (χ1v) is 6.89. The van der Waals surface area contributed by atoms with Crippen LogP contribution >= 0.6 is 0 Å². The van der Waals surface area contributed by atoms with Crippen LogP contribution in [-0.2, 0) is 6.54 Å². The maximum Gasteiger partial charge on any atom is 0.115 e. The molecule has 1 saturated heterocycles. The molecule has 0 unspecified atom stereocenters. The van der Waals surface area contributed by atoms with Crippen LogP contribution < -0.4 is 0 Å². The van der Waals surface area contributed by atoms with Gasteiger partial charge in [0, 0.05) is 12.6 Å². The van der Waals surface area contributed by atoms with Crippen LogP contribution in [0, 0.1) is 0 Å². The molecular weight excluding hydrogens is 224 g/mol. The molecule has 0 aliphatic carbocycles. The van der Waals surface area contributed by atoms with Crippen molar-refractivity contribution in [2.45, 2.75) is 32.4 Å². The van der Waals surface area contributed by atoms with Crippen LogP contribution in [0.5, 0.6) is 5.75 Å². The summed E-state index contributed by atoms with van der Waals surface area (Å²) in [5.74, 6) is 0.345. The van der Waals surface area contributed by atoms with Crippen LogP contribution in [-0.4, -0.2) is 47.6 Å². The van der Waals surface area contributed by atoms with E-state index in [9.17, 15) is 5.11 Å². The normalized spacial score (nSPS) is 18.4. The lowest BCUT2D eigenvalue weighted by molar-refractivity contribution is 0.127. The summed E-state index contributed by atoms with van der Waals surface area (Å²) in [7, 11) is 2.21. The zero-order chi connectivity index (χ0) is 13.0. The molecule has 3 nitrogen and oxygen atoms in total. The van der Waals surface area contributed by atoms with Gasteiger partial charge in [-0.3, -0.25) is 4.90 Å². The van der Waals surface area contributed by atoms with Gasteiger partial charge in [0.2, 0.25) is 0 Å². The van der Waals surface area contributed by atoms with E-state index in [1.165, 1.54) is 38.0 Å². The molecule has 18 heavy (non-hydrogen) atoms. The van der Waals surface area contributed by atoms with Crippen LogP contribution in [0.1, 0.15) is 25.3 Å². The number of nitrogens with zero attached hydrogens (tertiary/aromatic N) is 2. The number of aromatic hydroxyl groups is 1. The zero-order valence-corrected chi connectivity index (χ0v) is 11.5. The average Bonchev–Trinajstić information content (AvgIpc) is 2.41. The Bertz CT molecular complexity index is 355. The zero-order valence-electron chi connectivity index (χ0n) is 11.5. The molecule has 0 aromatic heterocycles. The molecule has 0 saturated carbocycles. The van der Waals surface area contributed by atoms with Crippen molar-refractivity contribution >= 4 is 0 Å². The van der Waals surface area contributed by atoms with Crippen molar-refractivity contribution in [2.75, 3.05) is 26.7 Å². The molecule has 1 heterocycles. The molecule has 0 amide bonds. The van der Waals surface area contributed by atoms with Crippen LogP contribution in [0.2, 0.25) is 0 Å². The van der Waals surface area contributed by atoms with E-state index < -0.39 is 0 Å². The first kappa shape index (κ1) is 13.4. The maximum atomic E-state index is 9.28. The average molecular weight is 248 g/mol. The van der Waals surface area contributed by atoms with Crippen molar-refractivity contribution < 1.29 is 5.11 Å². The van der Waals surface area contributed by atoms with Gasteiger partial charge in [-0.05, 0) is 57.2 Å². The monoisotopic (exact) mass is 248 g/mol. The fourth-order valence-electron chi connectivity index (χ4n) is 2.69. The van der Waals surface area contributed by atoms with Gasteiger partial charge in [0.05, 0.1) is 0 Å². The Morgan fingerprint density at radius 2 is 1.83 bits per heavy atom. The molecule has 100 valence electrons. The number of piperidine rings is 1. The van der Waals surface area contributed by atoms with E-state index in [1.807, 2.05) is 12.1 Å². The van der Waals surface area contributed by atoms with Gasteiger partial charge in [-0.25, -0.2) is 0 Å². The second kappa shape index (κ2) is 6.21. The lowest BCUT2D eigenvalue weighted by Gasteiger charge is -2.36. The second-order valence-electron chi connectivity index (χ2n) is 5.25. The minimum atomic E-state index is 0.345. The predicted molar refractivity (Wildman–Crippen MR) is 74.7 cm³/mol. The molecule has 1 fully saturated rings. The Balaban J connectivity index is 1.85. The molecule has 3 heteroatoms. The minimum absolute atomic E-state index is 0.345. The van der Waals surface area contributed by atoms with Gasteiger partial charge in [-0.1, -0.05) is 19.1 Å². The molecule has 0 atom stereocenters. The summed E-state index contributed by atoms with van der Waals surface area (Å²) in [5.41, 5.74) is 1.27. The van der Waals surface area contributed by atoms with Crippen LogP contribution in [0.3, 0.4) is 0 Å². The SMILES string of the molecule is CCN1CCC(N(C)Cc2ccc(O)cc2)CC1. The van der Waals surface area contributed by atoms with Gasteiger partial charge in [-0.2, -0.15) is 0 Å². The van der Waals surface area contributed by atoms with Gasteiger partial charge < -0.3 is 10.0 Å². The maximum absolute atomic E-state index is 9.28. The third-order valence-electron chi connectivity index (χ3n) is 4.00. The number of hydrogen-bond acceptors (Lipinski definition) is 3. The number of likely N-dealkylation sites (tertiary alicyclic amines) is 1. The molecule has 1 aliphatic rings. The molecule has 1 aromatic carbocycles. The van der Waals surface area contributed by atoms with Crippen molar-refractivity contribution in [1.29, 1.82) is 0 Å². The highest BCUT2D eigenvalue weighted by Gasteiger charge is 2.21. The lowest BCUT2D eigenvalue weighted by atomic mass is 10.0. The fourth-order valence-corrected chi connectivity index (χ4v) is 2.69. The number of hydrogen-bond donors (Lipinski definition) is 1. The first-order valence-electron chi connectivity index (χ1n) is 6.89. The summed E-state index contributed by atoms with van der Waals surface area (Å²) >= 11 is 0. The van der Waals surface area contributed by atoms with Gasteiger partial charge >= 0.3 is 0 Å². The van der Waals surface area contributed by atoms with E-state index in [0.29, 0.717) is 11.8 Å². The molecule has 0 spiro atoms. The van der Waals surface area contributed by atoms with Gasteiger partial charge in [0.15, 0.2) is 0 Å². The van der Waals surface area contributed by atoms with E-state index in [-0.39, 0.29) is 0 Å². The Labute approximate surface area is 110 Å². The lowest BCUT2D eigenvalue weighted by Crippen LogP contribution is -2.42. The summed E-state index contributed by atoms with van der Waals surface area (Å²) in [6, 6.07) is 8.24. The Kier molecular flexibility index (Phi) is 4.61. The molecule has 1 aromatic rings. The summed E-state index contributed by atoms with van der Waals surface area (Å²) < 4.78 is 0. The highest BCUT2D eigenvalue weighted by atomic mass is 16.3. The quantitative estimate of drug-likeness (QED) is 0.886. The van der Waals surface area contributed by atoms with Gasteiger partial charge in [0.25, 0.3) is 0 Å². The van der Waals surface area contributed by atoms with E-state index in [2.05, 4.69) is 23.8 Å². The summed E-state index contributed by atoms with van der Waals surface area (Å²) in [6.07, 6.45) is 2.53. The van der Waals surface area contributed by atoms with Crippen molar-refractivity contribution in [2.24, 2.45) is 0 Å². The largest absolute Gasteiger partial charge is 0.508 e. The van der Waals surface area contributed by atoms with Gasteiger partial charge in [0.1, 0.15) is 5.75 Å². The Hall–Kier alpha value is -1.06. The smallest absolute Gasteiger partial charge is 0.115 e. The van der Waals surface area contributed by atoms with Crippen LogP contribution in [0.15, 0.2) is 24.3 Å². The first-order chi connectivity index (χ1) is 8.69. The van der Waals surface area contributed by atoms with Crippen LogP contribution in [0.25, 0.3) is 0 Å². The minimum Gasteiger partial charge on any atom is -0.508 e. The van der Waals surface area contributed by atoms with Crippen molar-refractivity contribution in [1.82, 2.24) is 9.80 Å². The summed E-state index contributed by atoms with van der Waals surface area (Å²) in [6.45, 7) is 6.83. The van der Waals surface area contributed by atoms with Crippen molar-refractivity contribution in [3.8, 4) is 5.75 Å². The molecule has 0 radical (unpaired) electrons. The third kappa shape index (κ3) is 3.47. The molecule has 1 aliphatic heterocycles. The van der Waals surface area contributed by atoms with Crippen molar-refractivity contribution in [3.63, 3.8) is 0 Å². The number of rotatable bonds is 4.